The maximum atomic E-state index is 11.7. The van der Waals surface area contributed by atoms with Crippen molar-refractivity contribution in [2.75, 3.05) is 6.61 Å². The van der Waals surface area contributed by atoms with E-state index < -0.39 is 11.7 Å². The quantitative estimate of drug-likeness (QED) is 0.651. The van der Waals surface area contributed by atoms with Gasteiger partial charge in [0.25, 0.3) is 0 Å². The molecule has 106 valence electrons. The number of fused-ring (bicyclic) bond motifs is 1. The SMILES string of the molecule is CC1(C)C[C@@H]2[C@H](O)C3=C(C[C@](C)(O)[C@@H]2C1)C(=O)OC3. The highest BCUT2D eigenvalue weighted by Crippen LogP contribution is 2.55. The average molecular weight is 266 g/mol. The summed E-state index contributed by atoms with van der Waals surface area (Å²) >= 11 is 0. The van der Waals surface area contributed by atoms with Crippen LogP contribution in [0.5, 0.6) is 0 Å². The van der Waals surface area contributed by atoms with E-state index in [1.54, 1.807) is 6.92 Å². The third-order valence-corrected chi connectivity index (χ3v) is 5.17. The summed E-state index contributed by atoms with van der Waals surface area (Å²) in [6.45, 7) is 6.33. The monoisotopic (exact) mass is 266 g/mol. The van der Waals surface area contributed by atoms with E-state index in [9.17, 15) is 15.0 Å². The molecule has 4 heteroatoms. The Kier molecular flexibility index (Phi) is 2.64. The number of hydrogen-bond donors (Lipinski definition) is 2. The number of carbonyl (C=O) groups is 1. The van der Waals surface area contributed by atoms with E-state index in [0.29, 0.717) is 17.6 Å². The molecule has 0 spiro atoms. The van der Waals surface area contributed by atoms with Crippen molar-refractivity contribution in [3.63, 3.8) is 0 Å². The summed E-state index contributed by atoms with van der Waals surface area (Å²) in [5.74, 6) is -0.309. The number of hydrogen-bond acceptors (Lipinski definition) is 4. The molecule has 2 N–H and O–H groups in total. The molecule has 1 fully saturated rings. The molecular weight excluding hydrogens is 244 g/mol. The minimum absolute atomic E-state index is 0.0204. The van der Waals surface area contributed by atoms with Crippen molar-refractivity contribution in [2.24, 2.45) is 17.3 Å². The number of ether oxygens (including phenoxy) is 1. The molecule has 2 aliphatic carbocycles. The first-order valence-corrected chi connectivity index (χ1v) is 7.01. The lowest BCUT2D eigenvalue weighted by atomic mass is 9.78. The Hall–Kier alpha value is -0.870. The molecule has 0 saturated heterocycles. The van der Waals surface area contributed by atoms with Gasteiger partial charge in [0.1, 0.15) is 6.61 Å². The van der Waals surface area contributed by atoms with Crippen molar-refractivity contribution in [3.8, 4) is 0 Å². The summed E-state index contributed by atoms with van der Waals surface area (Å²) in [7, 11) is 0. The molecule has 0 radical (unpaired) electrons. The van der Waals surface area contributed by atoms with Crippen LogP contribution in [0.2, 0.25) is 0 Å². The number of carbonyl (C=O) groups excluding carboxylic acids is 1. The van der Waals surface area contributed by atoms with Crippen molar-refractivity contribution < 1.29 is 19.7 Å². The normalized spacial score (nSPS) is 44.7. The van der Waals surface area contributed by atoms with Gasteiger partial charge in [0.05, 0.1) is 11.7 Å². The lowest BCUT2D eigenvalue weighted by molar-refractivity contribution is -0.137. The summed E-state index contributed by atoms with van der Waals surface area (Å²) in [5, 5.41) is 21.4. The van der Waals surface area contributed by atoms with Gasteiger partial charge in [-0.2, -0.15) is 0 Å². The molecule has 0 aromatic heterocycles. The fourth-order valence-corrected chi connectivity index (χ4v) is 4.27. The summed E-state index contributed by atoms with van der Waals surface area (Å²) in [4.78, 5) is 11.7. The van der Waals surface area contributed by atoms with E-state index in [0.717, 1.165) is 12.8 Å². The molecule has 0 aromatic rings. The van der Waals surface area contributed by atoms with Gasteiger partial charge in [0, 0.05) is 17.6 Å². The van der Waals surface area contributed by atoms with Crippen LogP contribution in [0.4, 0.5) is 0 Å². The van der Waals surface area contributed by atoms with Crippen molar-refractivity contribution in [2.45, 2.75) is 51.7 Å². The molecule has 4 atom stereocenters. The van der Waals surface area contributed by atoms with Gasteiger partial charge >= 0.3 is 5.97 Å². The molecule has 19 heavy (non-hydrogen) atoms. The second-order valence-corrected chi connectivity index (χ2v) is 7.40. The van der Waals surface area contributed by atoms with E-state index in [1.165, 1.54) is 0 Å². The molecule has 1 heterocycles. The predicted octanol–water partition coefficient (Wildman–Crippen LogP) is 1.41. The van der Waals surface area contributed by atoms with Gasteiger partial charge in [-0.15, -0.1) is 0 Å². The van der Waals surface area contributed by atoms with Gasteiger partial charge in [-0.05, 0) is 37.0 Å². The van der Waals surface area contributed by atoms with E-state index >= 15 is 0 Å². The number of aliphatic hydroxyl groups excluding tert-OH is 1. The summed E-state index contributed by atoms with van der Waals surface area (Å²) in [6.07, 6.45) is 1.41. The Morgan fingerprint density at radius 1 is 1.26 bits per heavy atom. The number of esters is 1. The Balaban J connectivity index is 2.04. The van der Waals surface area contributed by atoms with Crippen molar-refractivity contribution in [1.29, 1.82) is 0 Å². The fraction of sp³-hybridized carbons (Fsp3) is 0.800. The highest BCUT2D eigenvalue weighted by molar-refractivity contribution is 5.92. The molecule has 3 rings (SSSR count). The molecule has 1 saturated carbocycles. The maximum absolute atomic E-state index is 11.7. The maximum Gasteiger partial charge on any atom is 0.334 e. The second-order valence-electron chi connectivity index (χ2n) is 7.40. The highest BCUT2D eigenvalue weighted by atomic mass is 16.5. The zero-order chi connectivity index (χ0) is 14.0. The van der Waals surface area contributed by atoms with Gasteiger partial charge in [0.2, 0.25) is 0 Å². The predicted molar refractivity (Wildman–Crippen MR) is 69.2 cm³/mol. The highest BCUT2D eigenvalue weighted by Gasteiger charge is 2.54. The molecule has 0 bridgehead atoms. The minimum atomic E-state index is -0.945. The van der Waals surface area contributed by atoms with Crippen molar-refractivity contribution >= 4 is 5.97 Å². The summed E-state index contributed by atoms with van der Waals surface area (Å²) < 4.78 is 5.04. The summed E-state index contributed by atoms with van der Waals surface area (Å²) in [5.41, 5.74) is 0.391. The zero-order valence-corrected chi connectivity index (χ0v) is 11.8. The third-order valence-electron chi connectivity index (χ3n) is 5.17. The molecule has 4 nitrogen and oxygen atoms in total. The van der Waals surface area contributed by atoms with Crippen LogP contribution in [0.1, 0.15) is 40.0 Å². The molecule has 1 aliphatic heterocycles. The van der Waals surface area contributed by atoms with Crippen LogP contribution in [0.3, 0.4) is 0 Å². The molecule has 3 aliphatic rings. The number of cyclic esters (lactones) is 1. The average Bonchev–Trinajstić information content (AvgIpc) is 2.78. The second kappa shape index (κ2) is 3.83. The smallest absolute Gasteiger partial charge is 0.334 e. The van der Waals surface area contributed by atoms with Crippen LogP contribution in [-0.2, 0) is 9.53 Å². The summed E-state index contributed by atoms with van der Waals surface area (Å²) in [6, 6.07) is 0. The van der Waals surface area contributed by atoms with Crippen LogP contribution in [0.25, 0.3) is 0 Å². The van der Waals surface area contributed by atoms with Gasteiger partial charge in [-0.1, -0.05) is 13.8 Å². The van der Waals surface area contributed by atoms with Gasteiger partial charge < -0.3 is 14.9 Å². The lowest BCUT2D eigenvalue weighted by Gasteiger charge is -2.34. The Labute approximate surface area is 113 Å². The third kappa shape index (κ3) is 1.93. The lowest BCUT2D eigenvalue weighted by Crippen LogP contribution is -2.39. The fourth-order valence-electron chi connectivity index (χ4n) is 4.27. The van der Waals surface area contributed by atoms with Crippen LogP contribution < -0.4 is 0 Å². The standard InChI is InChI=1S/C15H22O4/c1-14(2)4-9-11(6-14)15(3,18)5-8-10(12(9)16)7-19-13(8)17/h9,11-12,16,18H,4-7H2,1-3H3/t9-,11+,12-,15-/m0/s1. The first-order chi connectivity index (χ1) is 8.71. The first-order valence-electron chi connectivity index (χ1n) is 7.01. The van der Waals surface area contributed by atoms with Gasteiger partial charge in [0.15, 0.2) is 0 Å². The van der Waals surface area contributed by atoms with Crippen LogP contribution in [0.15, 0.2) is 11.1 Å². The Bertz CT molecular complexity index is 461. The number of aliphatic hydroxyl groups is 2. The molecule has 0 aromatic carbocycles. The van der Waals surface area contributed by atoms with E-state index in [-0.39, 0.29) is 29.8 Å². The van der Waals surface area contributed by atoms with Crippen molar-refractivity contribution in [3.05, 3.63) is 11.1 Å². The van der Waals surface area contributed by atoms with Crippen molar-refractivity contribution in [1.82, 2.24) is 0 Å². The Morgan fingerprint density at radius 3 is 2.63 bits per heavy atom. The topological polar surface area (TPSA) is 66.8 Å². The number of rotatable bonds is 0. The van der Waals surface area contributed by atoms with E-state index in [4.69, 9.17) is 4.74 Å². The van der Waals surface area contributed by atoms with E-state index in [1.807, 2.05) is 0 Å². The molecule has 0 amide bonds. The van der Waals surface area contributed by atoms with E-state index in [2.05, 4.69) is 13.8 Å². The first kappa shape index (κ1) is 13.1. The zero-order valence-electron chi connectivity index (χ0n) is 11.8. The van der Waals surface area contributed by atoms with Crippen LogP contribution in [-0.4, -0.2) is 34.5 Å². The molecule has 0 unspecified atom stereocenters. The van der Waals surface area contributed by atoms with Gasteiger partial charge in [-0.3, -0.25) is 0 Å². The van der Waals surface area contributed by atoms with Gasteiger partial charge in [-0.25, -0.2) is 4.79 Å². The largest absolute Gasteiger partial charge is 0.458 e. The van der Waals surface area contributed by atoms with Crippen LogP contribution in [0, 0.1) is 17.3 Å². The minimum Gasteiger partial charge on any atom is -0.458 e. The molecular formula is C15H22O4. The van der Waals surface area contributed by atoms with Crippen LogP contribution >= 0.6 is 0 Å². The Morgan fingerprint density at radius 2 is 1.95 bits per heavy atom.